The van der Waals surface area contributed by atoms with Gasteiger partial charge in [-0.2, -0.15) is 0 Å². The zero-order valence-electron chi connectivity index (χ0n) is 13.6. The molecule has 124 valence electrons. The quantitative estimate of drug-likeness (QED) is 0.685. The Hall–Kier alpha value is -3.08. The Balaban J connectivity index is 1.88. The number of carbonyl (C=O) groups excluding carboxylic acids is 2. The molecule has 0 saturated heterocycles. The standard InChI is InChI=1S/C19H21N3O2/c1-3-7-18(23)20-17-12-10-15(11-13-17)14(2)21-22-19(24)16-8-5-4-6-9-16/h4-6,8-13,21H,2-3,7H2,1H3,(H,20,23)(H,22,24). The van der Waals surface area contributed by atoms with Crippen LogP contribution in [-0.2, 0) is 4.79 Å². The molecule has 0 aromatic heterocycles. The van der Waals surface area contributed by atoms with E-state index in [-0.39, 0.29) is 11.8 Å². The second-order valence-electron chi connectivity index (χ2n) is 5.30. The van der Waals surface area contributed by atoms with Crippen LogP contribution >= 0.6 is 0 Å². The molecule has 5 heteroatoms. The molecule has 2 aromatic rings. The summed E-state index contributed by atoms with van der Waals surface area (Å²) in [5.74, 6) is -0.238. The van der Waals surface area contributed by atoms with Crippen molar-refractivity contribution in [2.24, 2.45) is 0 Å². The van der Waals surface area contributed by atoms with E-state index in [0.29, 0.717) is 17.7 Å². The van der Waals surface area contributed by atoms with Crippen molar-refractivity contribution in [2.45, 2.75) is 19.8 Å². The van der Waals surface area contributed by atoms with E-state index in [1.54, 1.807) is 36.4 Å². The third-order valence-corrected chi connectivity index (χ3v) is 3.36. The largest absolute Gasteiger partial charge is 0.326 e. The predicted molar refractivity (Wildman–Crippen MR) is 96.1 cm³/mol. The summed E-state index contributed by atoms with van der Waals surface area (Å²) in [6.07, 6.45) is 1.31. The van der Waals surface area contributed by atoms with E-state index in [9.17, 15) is 9.59 Å². The minimum absolute atomic E-state index is 0.00248. The predicted octanol–water partition coefficient (Wildman–Crippen LogP) is 3.33. The highest BCUT2D eigenvalue weighted by Crippen LogP contribution is 2.14. The first-order chi connectivity index (χ1) is 11.6. The van der Waals surface area contributed by atoms with Crippen molar-refractivity contribution in [1.29, 1.82) is 0 Å². The van der Waals surface area contributed by atoms with Crippen molar-refractivity contribution in [3.63, 3.8) is 0 Å². The van der Waals surface area contributed by atoms with E-state index >= 15 is 0 Å². The first-order valence-corrected chi connectivity index (χ1v) is 7.80. The zero-order chi connectivity index (χ0) is 17.4. The molecule has 2 aromatic carbocycles. The highest BCUT2D eigenvalue weighted by atomic mass is 16.2. The average Bonchev–Trinajstić information content (AvgIpc) is 2.61. The molecule has 3 N–H and O–H groups in total. The second kappa shape index (κ2) is 8.53. The Labute approximate surface area is 141 Å². The van der Waals surface area contributed by atoms with Gasteiger partial charge in [0.25, 0.3) is 5.91 Å². The fraction of sp³-hybridized carbons (Fsp3) is 0.158. The van der Waals surface area contributed by atoms with Gasteiger partial charge in [0.15, 0.2) is 0 Å². The van der Waals surface area contributed by atoms with Crippen molar-refractivity contribution in [1.82, 2.24) is 10.9 Å². The van der Waals surface area contributed by atoms with Crippen LogP contribution in [0.2, 0.25) is 0 Å². The van der Waals surface area contributed by atoms with Crippen molar-refractivity contribution in [2.75, 3.05) is 5.32 Å². The van der Waals surface area contributed by atoms with Gasteiger partial charge in [-0.15, -0.1) is 0 Å². The number of amides is 2. The maximum atomic E-state index is 12.0. The van der Waals surface area contributed by atoms with Gasteiger partial charge in [-0.05, 0) is 36.2 Å². The van der Waals surface area contributed by atoms with Gasteiger partial charge in [0.2, 0.25) is 5.91 Å². The molecule has 0 fully saturated rings. The molecule has 0 unspecified atom stereocenters. The van der Waals surface area contributed by atoms with Crippen LogP contribution in [0, 0.1) is 0 Å². The second-order valence-corrected chi connectivity index (χ2v) is 5.30. The van der Waals surface area contributed by atoms with Gasteiger partial charge in [0, 0.05) is 17.7 Å². The van der Waals surface area contributed by atoms with Gasteiger partial charge >= 0.3 is 0 Å². The number of rotatable bonds is 7. The van der Waals surface area contributed by atoms with Gasteiger partial charge in [0.05, 0.1) is 5.70 Å². The van der Waals surface area contributed by atoms with Gasteiger partial charge in [-0.3, -0.25) is 20.4 Å². The lowest BCUT2D eigenvalue weighted by atomic mass is 10.1. The number of benzene rings is 2. The molecule has 0 heterocycles. The molecule has 5 nitrogen and oxygen atoms in total. The zero-order valence-corrected chi connectivity index (χ0v) is 13.6. The molecule has 2 amide bonds. The Morgan fingerprint density at radius 2 is 1.58 bits per heavy atom. The third-order valence-electron chi connectivity index (χ3n) is 3.36. The van der Waals surface area contributed by atoms with E-state index < -0.39 is 0 Å². The highest BCUT2D eigenvalue weighted by Gasteiger charge is 2.05. The van der Waals surface area contributed by atoms with E-state index in [4.69, 9.17) is 0 Å². The van der Waals surface area contributed by atoms with Crippen LogP contribution in [-0.4, -0.2) is 11.8 Å². The molecule has 0 aliphatic heterocycles. The maximum Gasteiger partial charge on any atom is 0.269 e. The number of hydrogen-bond donors (Lipinski definition) is 3. The fourth-order valence-electron chi connectivity index (χ4n) is 2.07. The van der Waals surface area contributed by atoms with Crippen LogP contribution in [0.15, 0.2) is 61.2 Å². The molecule has 24 heavy (non-hydrogen) atoms. The highest BCUT2D eigenvalue weighted by molar-refractivity contribution is 5.94. The van der Waals surface area contributed by atoms with Crippen LogP contribution in [0.25, 0.3) is 5.70 Å². The first kappa shape index (κ1) is 17.3. The van der Waals surface area contributed by atoms with Crippen molar-refractivity contribution in [3.05, 3.63) is 72.3 Å². The smallest absolute Gasteiger partial charge is 0.269 e. The molecule has 0 bridgehead atoms. The molecule has 2 rings (SSSR count). The summed E-state index contributed by atoms with van der Waals surface area (Å²) in [6.45, 7) is 5.86. The van der Waals surface area contributed by atoms with E-state index in [1.165, 1.54) is 0 Å². The lowest BCUT2D eigenvalue weighted by Crippen LogP contribution is -2.35. The number of anilines is 1. The number of hydrogen-bond acceptors (Lipinski definition) is 3. The number of hydrazine groups is 1. The van der Waals surface area contributed by atoms with Crippen LogP contribution in [0.1, 0.15) is 35.7 Å². The maximum absolute atomic E-state index is 12.0. The summed E-state index contributed by atoms with van der Waals surface area (Å²) >= 11 is 0. The molecule has 0 spiro atoms. The van der Waals surface area contributed by atoms with E-state index in [1.807, 2.05) is 25.1 Å². The summed E-state index contributed by atoms with van der Waals surface area (Å²) in [6, 6.07) is 16.2. The molecular formula is C19H21N3O2. The minimum Gasteiger partial charge on any atom is -0.326 e. The van der Waals surface area contributed by atoms with Gasteiger partial charge < -0.3 is 5.32 Å². The SMILES string of the molecule is C=C(NNC(=O)c1ccccc1)c1ccc(NC(=O)CCC)cc1. The monoisotopic (exact) mass is 323 g/mol. The van der Waals surface area contributed by atoms with Crippen LogP contribution in [0.3, 0.4) is 0 Å². The van der Waals surface area contributed by atoms with Crippen LogP contribution in [0.4, 0.5) is 5.69 Å². The summed E-state index contributed by atoms with van der Waals surface area (Å²) < 4.78 is 0. The molecule has 0 aliphatic rings. The van der Waals surface area contributed by atoms with Crippen molar-refractivity contribution < 1.29 is 9.59 Å². The van der Waals surface area contributed by atoms with Gasteiger partial charge in [-0.25, -0.2) is 0 Å². The Morgan fingerprint density at radius 1 is 0.917 bits per heavy atom. The average molecular weight is 323 g/mol. The summed E-state index contributed by atoms with van der Waals surface area (Å²) in [5.41, 5.74) is 8.07. The molecule has 0 saturated carbocycles. The van der Waals surface area contributed by atoms with Crippen LogP contribution < -0.4 is 16.2 Å². The fourth-order valence-corrected chi connectivity index (χ4v) is 2.07. The number of carbonyl (C=O) groups is 2. The normalized spacial score (nSPS) is 9.88. The molecule has 0 aliphatic carbocycles. The summed E-state index contributed by atoms with van der Waals surface area (Å²) in [4.78, 5) is 23.5. The van der Waals surface area contributed by atoms with E-state index in [0.717, 1.165) is 17.7 Å². The molecule has 0 radical (unpaired) electrons. The van der Waals surface area contributed by atoms with Gasteiger partial charge in [0.1, 0.15) is 0 Å². The molecular weight excluding hydrogens is 302 g/mol. The lowest BCUT2D eigenvalue weighted by Gasteiger charge is -2.12. The topological polar surface area (TPSA) is 70.2 Å². The third kappa shape index (κ3) is 4.98. The number of nitrogens with one attached hydrogen (secondary N) is 3. The van der Waals surface area contributed by atoms with Crippen molar-refractivity contribution >= 4 is 23.2 Å². The van der Waals surface area contributed by atoms with Crippen molar-refractivity contribution in [3.8, 4) is 0 Å². The Morgan fingerprint density at radius 3 is 2.21 bits per heavy atom. The lowest BCUT2D eigenvalue weighted by molar-refractivity contribution is -0.116. The first-order valence-electron chi connectivity index (χ1n) is 7.80. The van der Waals surface area contributed by atoms with Gasteiger partial charge in [-0.1, -0.05) is 43.8 Å². The Bertz CT molecular complexity index is 709. The molecule has 0 atom stereocenters. The minimum atomic E-state index is -0.236. The summed E-state index contributed by atoms with van der Waals surface area (Å²) in [5, 5.41) is 2.82. The Kier molecular flexibility index (Phi) is 6.14. The van der Waals surface area contributed by atoms with Crippen LogP contribution in [0.5, 0.6) is 0 Å². The summed E-state index contributed by atoms with van der Waals surface area (Å²) in [7, 11) is 0. The van der Waals surface area contributed by atoms with E-state index in [2.05, 4.69) is 22.7 Å².